The minimum Gasteiger partial charge on any atom is -0.387 e. The molecule has 2 rings (SSSR count). The third-order valence-electron chi connectivity index (χ3n) is 2.88. The second-order valence-electron chi connectivity index (χ2n) is 5.67. The first-order chi connectivity index (χ1) is 8.37. The quantitative estimate of drug-likeness (QED) is 0.876. The summed E-state index contributed by atoms with van der Waals surface area (Å²) in [5.41, 5.74) is 2.48. The second-order valence-corrected chi connectivity index (χ2v) is 5.67. The molecule has 0 spiro atoms. The average Bonchev–Trinajstić information content (AvgIpc) is 2.67. The summed E-state index contributed by atoms with van der Waals surface area (Å²) in [6.45, 7) is 8.65. The van der Waals surface area contributed by atoms with Gasteiger partial charge < -0.3 is 14.9 Å². The van der Waals surface area contributed by atoms with Gasteiger partial charge in [0.25, 0.3) is 0 Å². The maximum Gasteiger partial charge on any atom is 0.167 e. The van der Waals surface area contributed by atoms with Gasteiger partial charge in [-0.05, 0) is 45.4 Å². The van der Waals surface area contributed by atoms with E-state index in [0.717, 1.165) is 22.2 Å². The smallest absolute Gasteiger partial charge is 0.167 e. The molecule has 0 fully saturated rings. The summed E-state index contributed by atoms with van der Waals surface area (Å²) in [7, 11) is 0. The van der Waals surface area contributed by atoms with E-state index < -0.39 is 6.10 Å². The van der Waals surface area contributed by atoms with Gasteiger partial charge >= 0.3 is 0 Å². The monoisotopic (exact) mass is 248 g/mol. The van der Waals surface area contributed by atoms with E-state index >= 15 is 0 Å². The fourth-order valence-corrected chi connectivity index (χ4v) is 1.80. The topological polar surface area (TPSA) is 58.3 Å². The van der Waals surface area contributed by atoms with E-state index in [2.05, 4.69) is 31.2 Å². The third kappa shape index (κ3) is 2.89. The van der Waals surface area contributed by atoms with Crippen LogP contribution in [0.1, 0.15) is 38.1 Å². The molecule has 1 atom stereocenters. The Bertz CT molecular complexity index is 540. The molecular weight excluding hydrogens is 228 g/mol. The highest BCUT2D eigenvalue weighted by atomic mass is 16.5. The number of nitrogens with zero attached hydrogens (tertiary/aromatic N) is 1. The maximum atomic E-state index is 10.2. The normalized spacial score (nSPS) is 14.1. The van der Waals surface area contributed by atoms with Crippen molar-refractivity contribution in [2.45, 2.75) is 39.3 Å². The van der Waals surface area contributed by atoms with Crippen LogP contribution in [-0.2, 0) is 0 Å². The van der Waals surface area contributed by atoms with Gasteiger partial charge in [0.15, 0.2) is 5.58 Å². The molecule has 1 heterocycles. The first-order valence-corrected chi connectivity index (χ1v) is 6.16. The largest absolute Gasteiger partial charge is 0.387 e. The summed E-state index contributed by atoms with van der Waals surface area (Å²) in [5.74, 6) is 0. The number of fused-ring (bicyclic) bond motifs is 1. The van der Waals surface area contributed by atoms with Crippen LogP contribution in [0.5, 0.6) is 0 Å². The number of β-amino-alcohol motifs (C(OH)–C–C–N with tert-alkyl or cyclic N) is 1. The predicted octanol–water partition coefficient (Wildman–Crippen LogP) is 2.56. The molecule has 0 aliphatic rings. The zero-order valence-electron chi connectivity index (χ0n) is 11.3. The lowest BCUT2D eigenvalue weighted by atomic mass is 10.0. The Labute approximate surface area is 107 Å². The predicted molar refractivity (Wildman–Crippen MR) is 71.5 cm³/mol. The van der Waals surface area contributed by atoms with Gasteiger partial charge in [0, 0.05) is 17.5 Å². The first-order valence-electron chi connectivity index (χ1n) is 6.16. The lowest BCUT2D eigenvalue weighted by Crippen LogP contribution is -2.38. The van der Waals surface area contributed by atoms with Crippen molar-refractivity contribution in [3.63, 3.8) is 0 Å². The Hall–Kier alpha value is -1.39. The number of aliphatic hydroxyl groups excluding tert-OH is 1. The molecule has 0 saturated carbocycles. The molecule has 0 aliphatic carbocycles. The molecule has 0 unspecified atom stereocenters. The van der Waals surface area contributed by atoms with E-state index in [1.807, 2.05) is 25.1 Å². The van der Waals surface area contributed by atoms with Crippen molar-refractivity contribution in [2.24, 2.45) is 0 Å². The summed E-state index contributed by atoms with van der Waals surface area (Å²) in [4.78, 5) is 0. The van der Waals surface area contributed by atoms with Crippen LogP contribution in [0.2, 0.25) is 0 Å². The summed E-state index contributed by atoms with van der Waals surface area (Å²) in [5, 5.41) is 18.3. The zero-order chi connectivity index (χ0) is 13.3. The SMILES string of the molecule is Cc1noc2ccc([C@@H](O)CNC(C)(C)C)cc12. The van der Waals surface area contributed by atoms with Crippen molar-refractivity contribution in [3.05, 3.63) is 29.5 Å². The van der Waals surface area contributed by atoms with Crippen LogP contribution in [0.15, 0.2) is 22.7 Å². The van der Waals surface area contributed by atoms with Crippen LogP contribution in [0, 0.1) is 6.92 Å². The van der Waals surface area contributed by atoms with Crippen LogP contribution < -0.4 is 5.32 Å². The van der Waals surface area contributed by atoms with Crippen molar-refractivity contribution in [1.82, 2.24) is 10.5 Å². The number of hydrogen-bond donors (Lipinski definition) is 2. The first kappa shape index (κ1) is 13.1. The van der Waals surface area contributed by atoms with Gasteiger partial charge in [-0.15, -0.1) is 0 Å². The molecule has 1 aromatic heterocycles. The molecule has 98 valence electrons. The van der Waals surface area contributed by atoms with E-state index in [1.165, 1.54) is 0 Å². The number of aromatic nitrogens is 1. The summed E-state index contributed by atoms with van der Waals surface area (Å²) in [6.07, 6.45) is -0.525. The van der Waals surface area contributed by atoms with E-state index in [1.54, 1.807) is 0 Å². The second kappa shape index (κ2) is 4.71. The van der Waals surface area contributed by atoms with Gasteiger partial charge in [-0.3, -0.25) is 0 Å². The lowest BCUT2D eigenvalue weighted by Gasteiger charge is -2.23. The van der Waals surface area contributed by atoms with Gasteiger partial charge in [-0.2, -0.15) is 0 Å². The number of nitrogens with one attached hydrogen (secondary N) is 1. The van der Waals surface area contributed by atoms with E-state index in [4.69, 9.17) is 4.52 Å². The van der Waals surface area contributed by atoms with Gasteiger partial charge in [0.05, 0.1) is 11.8 Å². The third-order valence-corrected chi connectivity index (χ3v) is 2.88. The van der Waals surface area contributed by atoms with E-state index in [9.17, 15) is 5.11 Å². The number of rotatable bonds is 3. The Balaban J connectivity index is 2.17. The van der Waals surface area contributed by atoms with Crippen LogP contribution >= 0.6 is 0 Å². The molecule has 0 saturated heterocycles. The van der Waals surface area contributed by atoms with Crippen molar-refractivity contribution in [3.8, 4) is 0 Å². The van der Waals surface area contributed by atoms with Crippen molar-refractivity contribution >= 4 is 11.0 Å². The van der Waals surface area contributed by atoms with E-state index in [-0.39, 0.29) is 5.54 Å². The number of hydrogen-bond acceptors (Lipinski definition) is 4. The van der Waals surface area contributed by atoms with Gasteiger partial charge in [-0.25, -0.2) is 0 Å². The minimum absolute atomic E-state index is 0.00179. The fourth-order valence-electron chi connectivity index (χ4n) is 1.80. The van der Waals surface area contributed by atoms with Crippen LogP contribution in [0.3, 0.4) is 0 Å². The Morgan fingerprint density at radius 2 is 2.11 bits per heavy atom. The zero-order valence-corrected chi connectivity index (χ0v) is 11.3. The van der Waals surface area contributed by atoms with Crippen LogP contribution in [0.25, 0.3) is 11.0 Å². The minimum atomic E-state index is -0.525. The van der Waals surface area contributed by atoms with Crippen molar-refractivity contribution in [2.75, 3.05) is 6.54 Å². The lowest BCUT2D eigenvalue weighted by molar-refractivity contribution is 0.163. The molecule has 4 heteroatoms. The highest BCUT2D eigenvalue weighted by Crippen LogP contribution is 2.23. The Morgan fingerprint density at radius 3 is 2.78 bits per heavy atom. The summed E-state index contributed by atoms with van der Waals surface area (Å²) in [6, 6.07) is 5.67. The number of aliphatic hydroxyl groups is 1. The molecule has 4 nitrogen and oxygen atoms in total. The number of aryl methyl sites for hydroxylation is 1. The molecule has 1 aromatic carbocycles. The molecule has 0 amide bonds. The molecule has 0 aliphatic heterocycles. The highest BCUT2D eigenvalue weighted by molar-refractivity contribution is 5.79. The Morgan fingerprint density at radius 1 is 1.39 bits per heavy atom. The fraction of sp³-hybridized carbons (Fsp3) is 0.500. The molecular formula is C14H20N2O2. The highest BCUT2D eigenvalue weighted by Gasteiger charge is 2.15. The van der Waals surface area contributed by atoms with Gasteiger partial charge in [-0.1, -0.05) is 11.2 Å². The molecule has 18 heavy (non-hydrogen) atoms. The van der Waals surface area contributed by atoms with Crippen molar-refractivity contribution in [1.29, 1.82) is 0 Å². The maximum absolute atomic E-state index is 10.2. The average molecular weight is 248 g/mol. The molecule has 2 aromatic rings. The standard InChI is InChI=1S/C14H20N2O2/c1-9-11-7-10(5-6-13(11)18-16-9)12(17)8-15-14(2,3)4/h5-7,12,15,17H,8H2,1-4H3/t12-/m0/s1. The van der Waals surface area contributed by atoms with Crippen LogP contribution in [0.4, 0.5) is 0 Å². The van der Waals surface area contributed by atoms with Crippen LogP contribution in [-0.4, -0.2) is 22.3 Å². The van der Waals surface area contributed by atoms with E-state index in [0.29, 0.717) is 6.54 Å². The van der Waals surface area contributed by atoms with Gasteiger partial charge in [0.2, 0.25) is 0 Å². The summed E-state index contributed by atoms with van der Waals surface area (Å²) < 4.78 is 5.15. The molecule has 0 bridgehead atoms. The Kier molecular flexibility index (Phi) is 3.41. The number of benzene rings is 1. The van der Waals surface area contributed by atoms with Gasteiger partial charge in [0.1, 0.15) is 0 Å². The van der Waals surface area contributed by atoms with Crippen molar-refractivity contribution < 1.29 is 9.63 Å². The molecule has 2 N–H and O–H groups in total. The molecule has 0 radical (unpaired) electrons. The summed E-state index contributed by atoms with van der Waals surface area (Å²) >= 11 is 0.